The Morgan fingerprint density at radius 2 is 2.06 bits per heavy atom. The maximum atomic E-state index is 12.2. The van der Waals surface area contributed by atoms with E-state index in [1.165, 1.54) is 6.42 Å². The Morgan fingerprint density at radius 3 is 2.65 bits per heavy atom. The van der Waals surface area contributed by atoms with E-state index in [2.05, 4.69) is 6.92 Å². The molecule has 1 aromatic carbocycles. The first-order valence-corrected chi connectivity index (χ1v) is 6.14. The van der Waals surface area contributed by atoms with Crippen LogP contribution in [0.3, 0.4) is 0 Å². The highest BCUT2D eigenvalue weighted by molar-refractivity contribution is 5.94. The van der Waals surface area contributed by atoms with E-state index in [9.17, 15) is 4.79 Å². The van der Waals surface area contributed by atoms with Gasteiger partial charge < -0.3 is 9.64 Å². The maximum absolute atomic E-state index is 12.2. The van der Waals surface area contributed by atoms with Gasteiger partial charge in [0.1, 0.15) is 5.75 Å². The van der Waals surface area contributed by atoms with Gasteiger partial charge in [0.15, 0.2) is 0 Å². The number of methoxy groups -OCH3 is 1. The molecule has 1 amide bonds. The lowest BCUT2D eigenvalue weighted by molar-refractivity contribution is 0.0683. The summed E-state index contributed by atoms with van der Waals surface area (Å²) < 4.78 is 5.09. The third-order valence-corrected chi connectivity index (χ3v) is 3.28. The second kappa shape index (κ2) is 5.21. The molecule has 0 spiro atoms. The molecule has 0 aromatic heterocycles. The fraction of sp³-hybridized carbons (Fsp3) is 0.500. The highest BCUT2D eigenvalue weighted by Gasteiger charge is 2.21. The summed E-state index contributed by atoms with van der Waals surface area (Å²) in [6.07, 6.45) is 2.34. The van der Waals surface area contributed by atoms with Crippen LogP contribution in [-0.2, 0) is 0 Å². The summed E-state index contributed by atoms with van der Waals surface area (Å²) in [7, 11) is 1.63. The molecular weight excluding hydrogens is 214 g/mol. The number of likely N-dealkylation sites (tertiary alicyclic amines) is 1. The maximum Gasteiger partial charge on any atom is 0.253 e. The van der Waals surface area contributed by atoms with Gasteiger partial charge in [-0.2, -0.15) is 0 Å². The number of rotatable bonds is 2. The van der Waals surface area contributed by atoms with Crippen molar-refractivity contribution in [1.29, 1.82) is 0 Å². The molecule has 17 heavy (non-hydrogen) atoms. The molecule has 1 fully saturated rings. The van der Waals surface area contributed by atoms with Gasteiger partial charge in [0.2, 0.25) is 0 Å². The lowest BCUT2D eigenvalue weighted by Crippen LogP contribution is -2.39. The van der Waals surface area contributed by atoms with Crippen LogP contribution < -0.4 is 4.74 Å². The number of nitrogens with zero attached hydrogens (tertiary/aromatic N) is 1. The molecule has 1 aromatic rings. The first-order valence-electron chi connectivity index (χ1n) is 6.14. The topological polar surface area (TPSA) is 29.5 Å². The number of hydrogen-bond donors (Lipinski definition) is 0. The average molecular weight is 233 g/mol. The van der Waals surface area contributed by atoms with Crippen molar-refractivity contribution in [3.63, 3.8) is 0 Å². The molecule has 1 atom stereocenters. The number of carbonyl (C=O) groups excluding carboxylic acids is 1. The van der Waals surface area contributed by atoms with Crippen LogP contribution in [0.1, 0.15) is 30.1 Å². The third kappa shape index (κ3) is 2.78. The van der Waals surface area contributed by atoms with Crippen molar-refractivity contribution in [2.45, 2.75) is 19.8 Å². The van der Waals surface area contributed by atoms with Crippen LogP contribution in [0.15, 0.2) is 24.3 Å². The monoisotopic (exact) mass is 233 g/mol. The summed E-state index contributed by atoms with van der Waals surface area (Å²) in [6, 6.07) is 7.34. The van der Waals surface area contributed by atoms with Crippen molar-refractivity contribution in [1.82, 2.24) is 4.90 Å². The van der Waals surface area contributed by atoms with E-state index in [0.717, 1.165) is 30.8 Å². The predicted octanol–water partition coefficient (Wildman–Crippen LogP) is 2.57. The second-order valence-corrected chi connectivity index (χ2v) is 4.73. The Labute approximate surface area is 102 Å². The standard InChI is InChI=1S/C14H19NO2/c1-11-4-3-9-15(10-11)14(16)12-5-7-13(17-2)8-6-12/h5-8,11H,3-4,9-10H2,1-2H3/t11-/m0/s1. The zero-order chi connectivity index (χ0) is 12.3. The Hall–Kier alpha value is -1.51. The summed E-state index contributed by atoms with van der Waals surface area (Å²) >= 11 is 0. The van der Waals surface area contributed by atoms with Crippen molar-refractivity contribution in [2.75, 3.05) is 20.2 Å². The minimum atomic E-state index is 0.138. The molecule has 0 saturated carbocycles. The molecule has 0 N–H and O–H groups in total. The summed E-state index contributed by atoms with van der Waals surface area (Å²) in [5, 5.41) is 0. The molecule has 0 unspecified atom stereocenters. The summed E-state index contributed by atoms with van der Waals surface area (Å²) in [5.41, 5.74) is 0.750. The fourth-order valence-corrected chi connectivity index (χ4v) is 2.29. The number of hydrogen-bond acceptors (Lipinski definition) is 2. The molecule has 3 nitrogen and oxygen atoms in total. The largest absolute Gasteiger partial charge is 0.497 e. The van der Waals surface area contributed by atoms with Crippen molar-refractivity contribution in [2.24, 2.45) is 5.92 Å². The Morgan fingerprint density at radius 1 is 1.35 bits per heavy atom. The number of benzene rings is 1. The normalized spacial score (nSPS) is 20.1. The van der Waals surface area contributed by atoms with Gasteiger partial charge in [-0.05, 0) is 43.0 Å². The highest BCUT2D eigenvalue weighted by atomic mass is 16.5. The molecule has 3 heteroatoms. The summed E-state index contributed by atoms with van der Waals surface area (Å²) in [4.78, 5) is 14.2. The Bertz CT molecular complexity index is 386. The molecule has 1 aliphatic heterocycles. The number of piperidine rings is 1. The predicted molar refractivity (Wildman–Crippen MR) is 67.3 cm³/mol. The second-order valence-electron chi connectivity index (χ2n) is 4.73. The smallest absolute Gasteiger partial charge is 0.253 e. The van der Waals surface area contributed by atoms with E-state index in [-0.39, 0.29) is 5.91 Å². The molecule has 1 aliphatic rings. The minimum absolute atomic E-state index is 0.138. The molecule has 2 rings (SSSR count). The van der Waals surface area contributed by atoms with Crippen LogP contribution in [0, 0.1) is 5.92 Å². The number of ether oxygens (including phenoxy) is 1. The van der Waals surface area contributed by atoms with Gasteiger partial charge in [0, 0.05) is 18.7 Å². The summed E-state index contributed by atoms with van der Waals surface area (Å²) in [5.74, 6) is 1.54. The molecule has 0 aliphatic carbocycles. The van der Waals surface area contributed by atoms with Gasteiger partial charge >= 0.3 is 0 Å². The lowest BCUT2D eigenvalue weighted by atomic mass is 9.99. The van der Waals surface area contributed by atoms with Gasteiger partial charge in [-0.3, -0.25) is 4.79 Å². The van der Waals surface area contributed by atoms with E-state index in [1.54, 1.807) is 7.11 Å². The molecule has 0 bridgehead atoms. The number of amides is 1. The Balaban J connectivity index is 2.07. The van der Waals surface area contributed by atoms with Crippen molar-refractivity contribution >= 4 is 5.91 Å². The SMILES string of the molecule is COc1ccc(C(=O)N2CCC[C@H](C)C2)cc1. The van der Waals surface area contributed by atoms with Crippen LogP contribution in [0.25, 0.3) is 0 Å². The zero-order valence-electron chi connectivity index (χ0n) is 10.5. The van der Waals surface area contributed by atoms with E-state index >= 15 is 0 Å². The zero-order valence-corrected chi connectivity index (χ0v) is 10.5. The fourth-order valence-electron chi connectivity index (χ4n) is 2.29. The highest BCUT2D eigenvalue weighted by Crippen LogP contribution is 2.19. The molecule has 1 saturated heterocycles. The third-order valence-electron chi connectivity index (χ3n) is 3.28. The van der Waals surface area contributed by atoms with Gasteiger partial charge in [-0.1, -0.05) is 6.92 Å². The van der Waals surface area contributed by atoms with E-state index in [0.29, 0.717) is 5.92 Å². The molecule has 1 heterocycles. The van der Waals surface area contributed by atoms with Gasteiger partial charge in [0.05, 0.1) is 7.11 Å². The van der Waals surface area contributed by atoms with Crippen molar-refractivity contribution in [3.8, 4) is 5.75 Å². The molecule has 0 radical (unpaired) electrons. The van der Waals surface area contributed by atoms with Crippen LogP contribution in [0.4, 0.5) is 0 Å². The number of carbonyl (C=O) groups is 1. The van der Waals surface area contributed by atoms with E-state index < -0.39 is 0 Å². The molecular formula is C14H19NO2. The Kier molecular flexibility index (Phi) is 3.67. The van der Waals surface area contributed by atoms with Crippen LogP contribution >= 0.6 is 0 Å². The molecule has 92 valence electrons. The quantitative estimate of drug-likeness (QED) is 0.785. The first-order chi connectivity index (χ1) is 8.20. The average Bonchev–Trinajstić information content (AvgIpc) is 2.38. The van der Waals surface area contributed by atoms with Crippen LogP contribution in [-0.4, -0.2) is 31.0 Å². The van der Waals surface area contributed by atoms with Crippen LogP contribution in [0.2, 0.25) is 0 Å². The van der Waals surface area contributed by atoms with Crippen molar-refractivity contribution < 1.29 is 9.53 Å². The summed E-state index contributed by atoms with van der Waals surface area (Å²) in [6.45, 7) is 3.97. The van der Waals surface area contributed by atoms with Crippen LogP contribution in [0.5, 0.6) is 5.75 Å². The minimum Gasteiger partial charge on any atom is -0.497 e. The van der Waals surface area contributed by atoms with Crippen molar-refractivity contribution in [3.05, 3.63) is 29.8 Å². The van der Waals surface area contributed by atoms with Gasteiger partial charge in [-0.15, -0.1) is 0 Å². The first kappa shape index (κ1) is 12.0. The van der Waals surface area contributed by atoms with Gasteiger partial charge in [0.25, 0.3) is 5.91 Å². The van der Waals surface area contributed by atoms with E-state index in [1.807, 2.05) is 29.2 Å². The van der Waals surface area contributed by atoms with Gasteiger partial charge in [-0.25, -0.2) is 0 Å². The van der Waals surface area contributed by atoms with E-state index in [4.69, 9.17) is 4.74 Å². The lowest BCUT2D eigenvalue weighted by Gasteiger charge is -2.31.